The fraction of sp³-hybridized carbons (Fsp3) is 0. The first kappa shape index (κ1) is 24.4. The molecule has 3 aromatic rings. The minimum absolute atomic E-state index is 0.112. The molecule has 0 radical (unpaired) electrons. The molecule has 3 N–H and O–H groups in total. The van der Waals surface area contributed by atoms with Crippen LogP contribution in [0.5, 0.6) is 5.75 Å². The zero-order chi connectivity index (χ0) is 23.0. The summed E-state index contributed by atoms with van der Waals surface area (Å²) >= 11 is 20.8. The number of hydrogen-bond donors (Lipinski definition) is 3. The van der Waals surface area contributed by atoms with Gasteiger partial charge in [0.15, 0.2) is 18.3 Å². The fourth-order valence-electron chi connectivity index (χ4n) is 2.36. The Bertz CT molecular complexity index is 1100. The van der Waals surface area contributed by atoms with Gasteiger partial charge < -0.3 is 15.3 Å². The van der Waals surface area contributed by atoms with Gasteiger partial charge in [0.1, 0.15) is 0 Å². The van der Waals surface area contributed by atoms with Gasteiger partial charge in [-0.2, -0.15) is 4.21 Å². The Labute approximate surface area is 197 Å². The molecule has 0 unspecified atom stereocenters. The first-order valence-corrected chi connectivity index (χ1v) is 9.79. The lowest BCUT2D eigenvalue weighted by Gasteiger charge is -2.14. The van der Waals surface area contributed by atoms with Crippen molar-refractivity contribution >= 4 is 70.6 Å². The molecule has 0 saturated carbocycles. The summed E-state index contributed by atoms with van der Waals surface area (Å²) in [5, 5.41) is 12.7. The van der Waals surface area contributed by atoms with E-state index in [1.807, 2.05) is 0 Å². The number of rotatable bonds is 6. The molecular weight excluding hydrogens is 487 g/mol. The number of anilines is 2. The van der Waals surface area contributed by atoms with Gasteiger partial charge in [-0.15, -0.1) is 0 Å². The lowest BCUT2D eigenvalue weighted by Crippen LogP contribution is -2.16. The summed E-state index contributed by atoms with van der Waals surface area (Å²) < 4.78 is 7.83. The second-order valence-electron chi connectivity index (χ2n) is 5.81. The van der Waals surface area contributed by atoms with Gasteiger partial charge >= 0.3 is 5.97 Å². The molecule has 3 aromatic carbocycles. The van der Waals surface area contributed by atoms with Crippen LogP contribution in [0.1, 0.15) is 20.7 Å². The zero-order valence-corrected chi connectivity index (χ0v) is 18.5. The Balaban J connectivity index is 0.00000166. The second kappa shape index (κ2) is 11.5. The summed E-state index contributed by atoms with van der Waals surface area (Å²) in [6.07, 6.45) is 0. The highest BCUT2D eigenvalue weighted by Crippen LogP contribution is 2.29. The summed E-state index contributed by atoms with van der Waals surface area (Å²) in [5.41, 5.74) is 3.78. The number of hydrogen-bond acceptors (Lipinski definition) is 6. The SMILES string of the molecule is O=C(O)c1ccc(NC(=O)c2cc(Cl)ccc2NOc2ccc(Cl)cc2Cl)cc1.O=S. The van der Waals surface area contributed by atoms with E-state index in [2.05, 4.69) is 23.3 Å². The van der Waals surface area contributed by atoms with Crippen molar-refractivity contribution in [3.05, 3.63) is 86.9 Å². The van der Waals surface area contributed by atoms with Crippen molar-refractivity contribution in [3.63, 3.8) is 0 Å². The number of aromatic carboxylic acids is 1. The molecule has 0 aromatic heterocycles. The van der Waals surface area contributed by atoms with Gasteiger partial charge in [0.05, 0.1) is 21.8 Å². The minimum Gasteiger partial charge on any atom is -0.478 e. The van der Waals surface area contributed by atoms with E-state index in [0.29, 0.717) is 32.2 Å². The molecule has 1 amide bonds. The largest absolute Gasteiger partial charge is 0.478 e. The predicted molar refractivity (Wildman–Crippen MR) is 122 cm³/mol. The van der Waals surface area contributed by atoms with Crippen molar-refractivity contribution in [1.29, 1.82) is 0 Å². The molecule has 0 spiro atoms. The molecule has 0 heterocycles. The first-order chi connectivity index (χ1) is 14.8. The van der Waals surface area contributed by atoms with Crippen molar-refractivity contribution in [2.45, 2.75) is 0 Å². The van der Waals surface area contributed by atoms with Crippen molar-refractivity contribution in [1.82, 2.24) is 0 Å². The van der Waals surface area contributed by atoms with Crippen LogP contribution in [0.3, 0.4) is 0 Å². The van der Waals surface area contributed by atoms with Crippen molar-refractivity contribution in [2.75, 3.05) is 10.8 Å². The van der Waals surface area contributed by atoms with E-state index in [0.717, 1.165) is 0 Å². The highest BCUT2D eigenvalue weighted by molar-refractivity contribution is 7.44. The lowest BCUT2D eigenvalue weighted by atomic mass is 10.1. The van der Waals surface area contributed by atoms with Gasteiger partial charge in [-0.05, 0) is 60.7 Å². The molecular formula is C20H13Cl3N2O5S. The van der Waals surface area contributed by atoms with E-state index in [1.54, 1.807) is 24.3 Å². The van der Waals surface area contributed by atoms with Gasteiger partial charge in [-0.3, -0.25) is 4.79 Å². The number of amides is 1. The summed E-state index contributed by atoms with van der Waals surface area (Å²) in [5.74, 6) is -1.20. The summed E-state index contributed by atoms with van der Waals surface area (Å²) in [4.78, 5) is 29.1. The number of benzene rings is 3. The van der Waals surface area contributed by atoms with Crippen LogP contribution < -0.4 is 15.6 Å². The van der Waals surface area contributed by atoms with Crippen LogP contribution in [0, 0.1) is 0 Å². The number of carbonyl (C=O) groups is 2. The molecule has 0 fully saturated rings. The molecule has 0 aliphatic carbocycles. The van der Waals surface area contributed by atoms with Gasteiger partial charge in [0.25, 0.3) is 5.91 Å². The molecule has 3 rings (SSSR count). The molecule has 11 heteroatoms. The zero-order valence-electron chi connectivity index (χ0n) is 15.4. The average molecular weight is 500 g/mol. The van der Waals surface area contributed by atoms with Crippen LogP contribution in [-0.4, -0.2) is 21.2 Å². The van der Waals surface area contributed by atoms with Gasteiger partial charge in [-0.25, -0.2) is 10.3 Å². The van der Waals surface area contributed by atoms with Crippen molar-refractivity contribution in [3.8, 4) is 5.75 Å². The standard InChI is InChI=1S/C20H13Cl3N2O4.OS/c21-12-3-7-17(25-29-18-8-4-13(22)10-16(18)23)15(9-12)19(26)24-14-5-1-11(2-6-14)20(27)28;1-2/h1-10,25H,(H,24,26)(H,27,28);. The molecule has 0 saturated heterocycles. The summed E-state index contributed by atoms with van der Waals surface area (Å²) in [6.45, 7) is 0. The number of carbonyl (C=O) groups excluding carboxylic acids is 1. The Kier molecular flexibility index (Phi) is 9.02. The Morgan fingerprint density at radius 2 is 1.48 bits per heavy atom. The molecule has 7 nitrogen and oxygen atoms in total. The van der Waals surface area contributed by atoms with Crippen LogP contribution in [0.15, 0.2) is 60.7 Å². The number of nitrogens with one attached hydrogen (secondary N) is 2. The predicted octanol–water partition coefficient (Wildman–Crippen LogP) is 5.67. The van der Waals surface area contributed by atoms with E-state index >= 15 is 0 Å². The van der Waals surface area contributed by atoms with E-state index in [9.17, 15) is 9.59 Å². The topological polar surface area (TPSA) is 105 Å². The third-order valence-electron chi connectivity index (χ3n) is 3.78. The van der Waals surface area contributed by atoms with Crippen LogP contribution in [0.25, 0.3) is 0 Å². The van der Waals surface area contributed by atoms with Gasteiger partial charge in [0, 0.05) is 15.7 Å². The van der Waals surface area contributed by atoms with Gasteiger partial charge in [0.2, 0.25) is 0 Å². The number of carboxylic acids is 1. The summed E-state index contributed by atoms with van der Waals surface area (Å²) in [7, 11) is 0. The van der Waals surface area contributed by atoms with E-state index in [-0.39, 0.29) is 11.1 Å². The van der Waals surface area contributed by atoms with Crippen molar-refractivity contribution in [2.24, 2.45) is 0 Å². The Morgan fingerprint density at radius 3 is 2.10 bits per heavy atom. The maximum atomic E-state index is 12.7. The molecule has 0 atom stereocenters. The average Bonchev–Trinajstić information content (AvgIpc) is 2.75. The highest BCUT2D eigenvalue weighted by Gasteiger charge is 2.14. The normalized spacial score (nSPS) is 9.77. The molecule has 0 aliphatic rings. The lowest BCUT2D eigenvalue weighted by molar-refractivity contribution is 0.0696. The molecule has 160 valence electrons. The van der Waals surface area contributed by atoms with E-state index in [4.69, 9.17) is 49.0 Å². The van der Waals surface area contributed by atoms with Crippen LogP contribution >= 0.6 is 34.8 Å². The number of halogens is 3. The molecule has 31 heavy (non-hydrogen) atoms. The van der Waals surface area contributed by atoms with Crippen LogP contribution in [0.2, 0.25) is 15.1 Å². The molecule has 0 bridgehead atoms. The quantitative estimate of drug-likeness (QED) is 0.375. The Morgan fingerprint density at radius 1 is 0.871 bits per heavy atom. The fourth-order valence-corrected chi connectivity index (χ4v) is 2.98. The van der Waals surface area contributed by atoms with Crippen LogP contribution in [0.4, 0.5) is 11.4 Å². The second-order valence-corrected chi connectivity index (χ2v) is 7.09. The number of carboxylic acid groups (broad SMARTS) is 1. The van der Waals surface area contributed by atoms with Crippen LogP contribution in [-0.2, 0) is 12.5 Å². The maximum Gasteiger partial charge on any atom is 0.335 e. The maximum absolute atomic E-state index is 12.7. The molecule has 0 aliphatic heterocycles. The van der Waals surface area contributed by atoms with Crippen molar-refractivity contribution < 1.29 is 23.7 Å². The third kappa shape index (κ3) is 6.80. The smallest absolute Gasteiger partial charge is 0.335 e. The highest BCUT2D eigenvalue weighted by atomic mass is 35.5. The van der Waals surface area contributed by atoms with Gasteiger partial charge in [-0.1, -0.05) is 34.8 Å². The van der Waals surface area contributed by atoms with E-state index < -0.39 is 11.9 Å². The third-order valence-corrected chi connectivity index (χ3v) is 4.55. The monoisotopic (exact) mass is 498 g/mol. The minimum atomic E-state index is -1.05. The summed E-state index contributed by atoms with van der Waals surface area (Å²) in [6, 6.07) is 15.1. The Hall–Kier alpha value is -2.91. The first-order valence-electron chi connectivity index (χ1n) is 8.32. The van der Waals surface area contributed by atoms with E-state index in [1.165, 1.54) is 36.4 Å².